The van der Waals surface area contributed by atoms with Crippen LogP contribution < -0.4 is 14.8 Å². The summed E-state index contributed by atoms with van der Waals surface area (Å²) in [6, 6.07) is 6.04. The molecule has 5 nitrogen and oxygen atoms in total. The van der Waals surface area contributed by atoms with Gasteiger partial charge < -0.3 is 19.5 Å². The Labute approximate surface area is 98.7 Å². The van der Waals surface area contributed by atoms with E-state index in [2.05, 4.69) is 5.32 Å². The first-order valence-corrected chi connectivity index (χ1v) is 5.63. The molecule has 1 amide bonds. The minimum Gasteiger partial charge on any atom is -0.454 e. The number of aryl methyl sites for hydroxylation is 1. The molecule has 0 bridgehead atoms. The first kappa shape index (κ1) is 10.3. The number of fused-ring (bicyclic) bond motifs is 1. The third-order valence-electron chi connectivity index (χ3n) is 2.96. The second-order valence-electron chi connectivity index (χ2n) is 4.17. The third-order valence-corrected chi connectivity index (χ3v) is 2.96. The van der Waals surface area contributed by atoms with Crippen LogP contribution >= 0.6 is 0 Å². The zero-order valence-electron chi connectivity index (χ0n) is 9.27. The third kappa shape index (κ3) is 2.13. The maximum Gasteiger partial charge on any atom is 0.407 e. The molecule has 17 heavy (non-hydrogen) atoms. The van der Waals surface area contributed by atoms with Crippen molar-refractivity contribution in [3.8, 4) is 11.5 Å². The average Bonchev–Trinajstić information content (AvgIpc) is 2.94. The summed E-state index contributed by atoms with van der Waals surface area (Å²) in [5, 5.41) is 2.76. The van der Waals surface area contributed by atoms with Gasteiger partial charge in [-0.2, -0.15) is 0 Å². The van der Waals surface area contributed by atoms with Crippen molar-refractivity contribution in [2.24, 2.45) is 0 Å². The molecule has 0 unspecified atom stereocenters. The van der Waals surface area contributed by atoms with Crippen molar-refractivity contribution in [3.63, 3.8) is 0 Å². The van der Waals surface area contributed by atoms with Crippen molar-refractivity contribution in [1.82, 2.24) is 5.32 Å². The molecule has 0 aromatic heterocycles. The van der Waals surface area contributed by atoms with E-state index in [0.717, 1.165) is 24.3 Å². The molecule has 90 valence electrons. The molecule has 0 saturated carbocycles. The van der Waals surface area contributed by atoms with E-state index in [1.165, 1.54) is 5.56 Å². The van der Waals surface area contributed by atoms with Crippen LogP contribution in [0.25, 0.3) is 0 Å². The SMILES string of the molecule is O=C1N[C@H](CCc2ccc3c(c2)OCO3)CO1. The Morgan fingerprint density at radius 3 is 2.94 bits per heavy atom. The number of hydrogen-bond acceptors (Lipinski definition) is 4. The monoisotopic (exact) mass is 235 g/mol. The predicted octanol–water partition coefficient (Wildman–Crippen LogP) is 1.46. The number of carbonyl (C=O) groups excluding carboxylic acids is 1. The van der Waals surface area contributed by atoms with Crippen molar-refractivity contribution >= 4 is 6.09 Å². The lowest BCUT2D eigenvalue weighted by Gasteiger charge is -2.07. The summed E-state index contributed by atoms with van der Waals surface area (Å²) in [6.45, 7) is 0.759. The zero-order valence-corrected chi connectivity index (χ0v) is 9.27. The minimum atomic E-state index is -0.319. The highest BCUT2D eigenvalue weighted by atomic mass is 16.7. The lowest BCUT2D eigenvalue weighted by atomic mass is 10.1. The average molecular weight is 235 g/mol. The van der Waals surface area contributed by atoms with Gasteiger partial charge in [-0.15, -0.1) is 0 Å². The predicted molar refractivity (Wildman–Crippen MR) is 59.2 cm³/mol. The van der Waals surface area contributed by atoms with Gasteiger partial charge in [-0.3, -0.25) is 0 Å². The van der Waals surface area contributed by atoms with E-state index in [-0.39, 0.29) is 12.1 Å². The topological polar surface area (TPSA) is 56.8 Å². The van der Waals surface area contributed by atoms with Crippen molar-refractivity contribution in [1.29, 1.82) is 0 Å². The van der Waals surface area contributed by atoms with Gasteiger partial charge in [-0.05, 0) is 30.5 Å². The summed E-state index contributed by atoms with van der Waals surface area (Å²) in [7, 11) is 0. The second kappa shape index (κ2) is 4.16. The van der Waals surface area contributed by atoms with Crippen LogP contribution in [0.5, 0.6) is 11.5 Å². The van der Waals surface area contributed by atoms with Crippen LogP contribution in [0.2, 0.25) is 0 Å². The molecule has 3 rings (SSSR count). The van der Waals surface area contributed by atoms with Crippen LogP contribution in [0.4, 0.5) is 4.79 Å². The Bertz CT molecular complexity index is 446. The van der Waals surface area contributed by atoms with E-state index < -0.39 is 0 Å². The summed E-state index contributed by atoms with van der Waals surface area (Å²) < 4.78 is 15.4. The van der Waals surface area contributed by atoms with E-state index in [4.69, 9.17) is 14.2 Å². The second-order valence-corrected chi connectivity index (χ2v) is 4.17. The lowest BCUT2D eigenvalue weighted by molar-refractivity contribution is 0.174. The number of cyclic esters (lactones) is 1. The van der Waals surface area contributed by atoms with Gasteiger partial charge in [0.15, 0.2) is 11.5 Å². The molecule has 1 atom stereocenters. The summed E-state index contributed by atoms with van der Waals surface area (Å²) in [4.78, 5) is 10.8. The Morgan fingerprint density at radius 1 is 1.24 bits per heavy atom. The zero-order chi connectivity index (χ0) is 11.7. The van der Waals surface area contributed by atoms with Crippen molar-refractivity contribution in [3.05, 3.63) is 23.8 Å². The fourth-order valence-corrected chi connectivity index (χ4v) is 2.02. The standard InChI is InChI=1S/C12H13NO4/c14-12-13-9(6-15-12)3-1-8-2-4-10-11(5-8)17-7-16-10/h2,4-5,9H,1,3,6-7H2,(H,13,14)/t9-/m1/s1. The van der Waals surface area contributed by atoms with Gasteiger partial charge in [-0.25, -0.2) is 4.79 Å². The quantitative estimate of drug-likeness (QED) is 0.861. The maximum absolute atomic E-state index is 10.8. The van der Waals surface area contributed by atoms with Crippen LogP contribution in [0.3, 0.4) is 0 Å². The van der Waals surface area contributed by atoms with Gasteiger partial charge in [0.2, 0.25) is 6.79 Å². The number of hydrogen-bond donors (Lipinski definition) is 1. The van der Waals surface area contributed by atoms with Crippen molar-refractivity contribution in [2.45, 2.75) is 18.9 Å². The first-order valence-electron chi connectivity index (χ1n) is 5.63. The van der Waals surface area contributed by atoms with Gasteiger partial charge in [0.25, 0.3) is 0 Å². The number of rotatable bonds is 3. The molecule has 0 spiro atoms. The molecule has 1 aromatic carbocycles. The highest BCUT2D eigenvalue weighted by Crippen LogP contribution is 2.32. The molecule has 2 aliphatic heterocycles. The summed E-state index contributed by atoms with van der Waals surface area (Å²) in [6.07, 6.45) is 1.43. The van der Waals surface area contributed by atoms with Gasteiger partial charge in [-0.1, -0.05) is 6.07 Å². The van der Waals surface area contributed by atoms with Crippen molar-refractivity contribution in [2.75, 3.05) is 13.4 Å². The van der Waals surface area contributed by atoms with E-state index in [1.807, 2.05) is 18.2 Å². The number of amides is 1. The Morgan fingerprint density at radius 2 is 2.12 bits per heavy atom. The van der Waals surface area contributed by atoms with Crippen LogP contribution in [0, 0.1) is 0 Å². The Hall–Kier alpha value is -1.91. The molecule has 1 saturated heterocycles. The highest BCUT2D eigenvalue weighted by molar-refractivity contribution is 5.69. The molecule has 1 fully saturated rings. The van der Waals surface area contributed by atoms with Crippen LogP contribution in [-0.4, -0.2) is 25.5 Å². The lowest BCUT2D eigenvalue weighted by Crippen LogP contribution is -2.26. The molecular weight excluding hydrogens is 222 g/mol. The molecule has 2 heterocycles. The maximum atomic E-state index is 10.8. The fourth-order valence-electron chi connectivity index (χ4n) is 2.02. The van der Waals surface area contributed by atoms with Crippen molar-refractivity contribution < 1.29 is 19.0 Å². The van der Waals surface area contributed by atoms with Gasteiger partial charge in [0.1, 0.15) is 6.61 Å². The number of carbonyl (C=O) groups is 1. The Balaban J connectivity index is 1.60. The normalized spacial score (nSPS) is 21.2. The van der Waals surface area contributed by atoms with Crippen LogP contribution in [-0.2, 0) is 11.2 Å². The molecule has 2 aliphatic rings. The van der Waals surface area contributed by atoms with Crippen LogP contribution in [0.1, 0.15) is 12.0 Å². The molecular formula is C12H13NO4. The van der Waals surface area contributed by atoms with Crippen LogP contribution in [0.15, 0.2) is 18.2 Å². The summed E-state index contributed by atoms with van der Waals surface area (Å²) in [5.41, 5.74) is 1.18. The number of nitrogens with one attached hydrogen (secondary N) is 1. The van der Waals surface area contributed by atoms with E-state index in [1.54, 1.807) is 0 Å². The van der Waals surface area contributed by atoms with Gasteiger partial charge >= 0.3 is 6.09 Å². The molecule has 0 aliphatic carbocycles. The minimum absolute atomic E-state index is 0.118. The molecule has 1 N–H and O–H groups in total. The molecule has 1 aromatic rings. The van der Waals surface area contributed by atoms with Gasteiger partial charge in [0.05, 0.1) is 6.04 Å². The largest absolute Gasteiger partial charge is 0.454 e. The van der Waals surface area contributed by atoms with E-state index >= 15 is 0 Å². The van der Waals surface area contributed by atoms with Gasteiger partial charge in [0, 0.05) is 0 Å². The number of ether oxygens (including phenoxy) is 3. The smallest absolute Gasteiger partial charge is 0.407 e. The summed E-state index contributed by atoms with van der Waals surface area (Å²) >= 11 is 0. The highest BCUT2D eigenvalue weighted by Gasteiger charge is 2.22. The number of benzene rings is 1. The Kier molecular flexibility index (Phi) is 2.51. The molecule has 0 radical (unpaired) electrons. The van der Waals surface area contributed by atoms with E-state index in [9.17, 15) is 4.79 Å². The molecule has 5 heteroatoms. The first-order chi connectivity index (χ1) is 8.31. The summed E-state index contributed by atoms with van der Waals surface area (Å²) in [5.74, 6) is 1.60. The fraction of sp³-hybridized carbons (Fsp3) is 0.417. The van der Waals surface area contributed by atoms with E-state index in [0.29, 0.717) is 13.4 Å². The number of alkyl carbamates (subject to hydrolysis) is 1.